The molecule has 0 atom stereocenters. The molecule has 11 aromatic rings. The molecule has 0 aliphatic heterocycles. The molecule has 0 saturated carbocycles. The first kappa shape index (κ1) is 32.0. The molecule has 0 bridgehead atoms. The highest BCUT2D eigenvalue weighted by Crippen LogP contribution is 2.41. The maximum atomic E-state index is 6.23. The van der Waals surface area contributed by atoms with Gasteiger partial charge in [0, 0.05) is 27.8 Å². The zero-order valence-corrected chi connectivity index (χ0v) is 30.6. The molecule has 0 aliphatic rings. The van der Waals surface area contributed by atoms with Gasteiger partial charge in [-0.25, -0.2) is 0 Å². The molecule has 0 fully saturated rings. The second-order valence-electron chi connectivity index (χ2n) is 14.5. The van der Waals surface area contributed by atoms with Crippen LogP contribution in [0.15, 0.2) is 217 Å². The Morgan fingerprint density at radius 3 is 1.39 bits per heavy atom. The summed E-state index contributed by atoms with van der Waals surface area (Å²) in [5, 5.41) is 9.86. The third kappa shape index (κ3) is 5.34. The average Bonchev–Trinajstić information content (AvgIpc) is 3.66. The molecule has 0 saturated heterocycles. The fourth-order valence-corrected chi connectivity index (χ4v) is 8.60. The fraction of sp³-hybridized carbons (Fsp3) is 0. The van der Waals surface area contributed by atoms with Crippen molar-refractivity contribution in [1.82, 2.24) is 0 Å². The predicted molar refractivity (Wildman–Crippen MR) is 237 cm³/mol. The molecule has 0 aliphatic carbocycles. The fourth-order valence-electron chi connectivity index (χ4n) is 8.60. The summed E-state index contributed by atoms with van der Waals surface area (Å²) >= 11 is 0. The summed E-state index contributed by atoms with van der Waals surface area (Å²) < 4.78 is 6.23. The Bertz CT molecular complexity index is 3220. The topological polar surface area (TPSA) is 16.4 Å². The lowest BCUT2D eigenvalue weighted by molar-refractivity contribution is 0.669. The van der Waals surface area contributed by atoms with Crippen LogP contribution in [0.2, 0.25) is 0 Å². The summed E-state index contributed by atoms with van der Waals surface area (Å²) in [6.07, 6.45) is 0. The highest BCUT2D eigenvalue weighted by atomic mass is 16.3. The van der Waals surface area contributed by atoms with Crippen LogP contribution in [0, 0.1) is 0 Å². The average molecular weight is 714 g/mol. The van der Waals surface area contributed by atoms with Crippen LogP contribution < -0.4 is 4.90 Å². The first-order valence-corrected chi connectivity index (χ1v) is 19.2. The van der Waals surface area contributed by atoms with Crippen molar-refractivity contribution in [2.24, 2.45) is 0 Å². The van der Waals surface area contributed by atoms with Crippen LogP contribution in [0.1, 0.15) is 0 Å². The van der Waals surface area contributed by atoms with Crippen LogP contribution in [-0.2, 0) is 0 Å². The molecule has 1 aromatic heterocycles. The molecular weight excluding hydrogens is 679 g/mol. The van der Waals surface area contributed by atoms with Gasteiger partial charge in [-0.3, -0.25) is 0 Å². The van der Waals surface area contributed by atoms with Crippen molar-refractivity contribution in [3.8, 4) is 33.4 Å². The highest BCUT2D eigenvalue weighted by molar-refractivity contribution is 6.13. The summed E-state index contributed by atoms with van der Waals surface area (Å²) in [5.41, 5.74) is 12.2. The molecule has 0 radical (unpaired) electrons. The SMILES string of the molecule is c1ccc2c(-c3ccc(N(c4ccc(-c5cccc6c5ccc5ccccc56)cc4)c4ccc(-c5cccc6oc7ccccc7c56)cc4)cc3)cccc2c1. The summed E-state index contributed by atoms with van der Waals surface area (Å²) in [6, 6.07) is 76.5. The Hall–Kier alpha value is -7.42. The van der Waals surface area contributed by atoms with Gasteiger partial charge in [0.15, 0.2) is 0 Å². The number of para-hydroxylation sites is 1. The van der Waals surface area contributed by atoms with Crippen molar-refractivity contribution >= 4 is 71.3 Å². The quantitative estimate of drug-likeness (QED) is 0.160. The molecule has 11 rings (SSSR count). The number of furan rings is 1. The predicted octanol–water partition coefficient (Wildman–Crippen LogP) is 15.5. The van der Waals surface area contributed by atoms with Crippen molar-refractivity contribution < 1.29 is 4.42 Å². The first-order chi connectivity index (χ1) is 27.8. The second kappa shape index (κ2) is 13.2. The largest absolute Gasteiger partial charge is 0.456 e. The molecule has 0 unspecified atom stereocenters. The standard InChI is InChI=1S/C54H35NO/c1-3-13-44-36(10-1)12-7-16-45(44)38-22-29-41(30-23-38)55(43-33-26-40(27-34-43)48-18-9-21-53-54(48)51-15-5-6-20-52(51)56-53)42-31-24-39(25-32-42)47-17-8-19-49-46-14-4-2-11-37(46)28-35-50(47)49/h1-35H. The van der Waals surface area contributed by atoms with Gasteiger partial charge in [-0.1, -0.05) is 164 Å². The number of anilines is 3. The molecule has 0 amide bonds. The summed E-state index contributed by atoms with van der Waals surface area (Å²) in [6.45, 7) is 0. The van der Waals surface area contributed by atoms with E-state index >= 15 is 0 Å². The Morgan fingerprint density at radius 1 is 0.268 bits per heavy atom. The van der Waals surface area contributed by atoms with E-state index in [0.29, 0.717) is 0 Å². The Morgan fingerprint density at radius 2 is 0.714 bits per heavy atom. The molecule has 262 valence electrons. The lowest BCUT2D eigenvalue weighted by Crippen LogP contribution is -2.09. The summed E-state index contributed by atoms with van der Waals surface area (Å²) in [5.74, 6) is 0. The third-order valence-corrected chi connectivity index (χ3v) is 11.3. The summed E-state index contributed by atoms with van der Waals surface area (Å²) in [7, 11) is 0. The summed E-state index contributed by atoms with van der Waals surface area (Å²) in [4.78, 5) is 2.35. The van der Waals surface area contributed by atoms with Crippen LogP contribution in [-0.4, -0.2) is 0 Å². The van der Waals surface area contributed by atoms with Gasteiger partial charge in [0.1, 0.15) is 11.2 Å². The lowest BCUT2D eigenvalue weighted by atomic mass is 9.94. The Labute approximate surface area is 325 Å². The zero-order chi connectivity index (χ0) is 37.0. The van der Waals surface area contributed by atoms with Gasteiger partial charge in [-0.15, -0.1) is 0 Å². The molecule has 1 heterocycles. The van der Waals surface area contributed by atoms with E-state index in [1.807, 2.05) is 12.1 Å². The monoisotopic (exact) mass is 713 g/mol. The second-order valence-corrected chi connectivity index (χ2v) is 14.5. The molecule has 56 heavy (non-hydrogen) atoms. The highest BCUT2D eigenvalue weighted by Gasteiger charge is 2.17. The van der Waals surface area contributed by atoms with Gasteiger partial charge < -0.3 is 9.32 Å². The van der Waals surface area contributed by atoms with Gasteiger partial charge in [-0.05, 0) is 114 Å². The van der Waals surface area contributed by atoms with Crippen molar-refractivity contribution in [3.05, 3.63) is 212 Å². The maximum absolute atomic E-state index is 6.23. The molecule has 2 heteroatoms. The molecule has 10 aromatic carbocycles. The molecule has 2 nitrogen and oxygen atoms in total. The molecular formula is C54H35NO. The van der Waals surface area contributed by atoms with Crippen molar-refractivity contribution in [2.45, 2.75) is 0 Å². The third-order valence-electron chi connectivity index (χ3n) is 11.3. The minimum atomic E-state index is 0.903. The van der Waals surface area contributed by atoms with Crippen LogP contribution in [0.5, 0.6) is 0 Å². The van der Waals surface area contributed by atoms with Crippen LogP contribution in [0.25, 0.3) is 87.6 Å². The number of benzene rings is 10. The normalized spacial score (nSPS) is 11.6. The van der Waals surface area contributed by atoms with Crippen LogP contribution in [0.4, 0.5) is 17.1 Å². The zero-order valence-electron chi connectivity index (χ0n) is 30.6. The number of fused-ring (bicyclic) bond motifs is 7. The van der Waals surface area contributed by atoms with Gasteiger partial charge in [0.2, 0.25) is 0 Å². The number of rotatable bonds is 6. The van der Waals surface area contributed by atoms with E-state index < -0.39 is 0 Å². The van der Waals surface area contributed by atoms with E-state index in [1.165, 1.54) is 54.6 Å². The van der Waals surface area contributed by atoms with Crippen molar-refractivity contribution in [2.75, 3.05) is 4.90 Å². The maximum Gasteiger partial charge on any atom is 0.136 e. The van der Waals surface area contributed by atoms with E-state index in [4.69, 9.17) is 4.42 Å². The van der Waals surface area contributed by atoms with E-state index in [2.05, 4.69) is 205 Å². The Kier molecular flexibility index (Phi) is 7.53. The molecule has 0 N–H and O–H groups in total. The van der Waals surface area contributed by atoms with Crippen LogP contribution in [0.3, 0.4) is 0 Å². The van der Waals surface area contributed by atoms with E-state index in [9.17, 15) is 0 Å². The van der Waals surface area contributed by atoms with Crippen molar-refractivity contribution in [3.63, 3.8) is 0 Å². The van der Waals surface area contributed by atoms with Crippen LogP contribution >= 0.6 is 0 Å². The smallest absolute Gasteiger partial charge is 0.136 e. The van der Waals surface area contributed by atoms with E-state index in [-0.39, 0.29) is 0 Å². The first-order valence-electron chi connectivity index (χ1n) is 19.2. The number of hydrogen-bond acceptors (Lipinski definition) is 2. The van der Waals surface area contributed by atoms with E-state index in [1.54, 1.807) is 0 Å². The van der Waals surface area contributed by atoms with Crippen molar-refractivity contribution in [1.29, 1.82) is 0 Å². The minimum Gasteiger partial charge on any atom is -0.456 e. The van der Waals surface area contributed by atoms with Gasteiger partial charge in [0.25, 0.3) is 0 Å². The number of nitrogens with zero attached hydrogens (tertiary/aromatic N) is 1. The Balaban J connectivity index is 1.01. The number of hydrogen-bond donors (Lipinski definition) is 0. The van der Waals surface area contributed by atoms with E-state index in [0.717, 1.165) is 50.1 Å². The lowest BCUT2D eigenvalue weighted by Gasteiger charge is -2.26. The van der Waals surface area contributed by atoms with Gasteiger partial charge >= 0.3 is 0 Å². The molecule has 0 spiro atoms. The minimum absolute atomic E-state index is 0.903. The van der Waals surface area contributed by atoms with Gasteiger partial charge in [0.05, 0.1) is 0 Å². The van der Waals surface area contributed by atoms with Gasteiger partial charge in [-0.2, -0.15) is 0 Å².